The molecule has 180 valence electrons. The lowest BCUT2D eigenvalue weighted by atomic mass is 9.97. The van der Waals surface area contributed by atoms with Gasteiger partial charge in [0.15, 0.2) is 0 Å². The van der Waals surface area contributed by atoms with Gasteiger partial charge < -0.3 is 5.32 Å². The predicted molar refractivity (Wildman–Crippen MR) is 138 cm³/mol. The zero-order valence-electron chi connectivity index (χ0n) is 19.5. The van der Waals surface area contributed by atoms with Crippen LogP contribution in [0.3, 0.4) is 0 Å². The smallest absolute Gasteiger partial charge is 0.263 e. The normalized spacial score (nSPS) is 13.8. The van der Waals surface area contributed by atoms with E-state index in [4.69, 9.17) is 11.6 Å². The van der Waals surface area contributed by atoms with Crippen molar-refractivity contribution >= 4 is 34.2 Å². The van der Waals surface area contributed by atoms with Crippen LogP contribution in [0.15, 0.2) is 65.0 Å². The van der Waals surface area contributed by atoms with Crippen LogP contribution in [0.1, 0.15) is 49.9 Å². The molecule has 0 aliphatic heterocycles. The Morgan fingerprint density at radius 3 is 2.69 bits per heavy atom. The van der Waals surface area contributed by atoms with E-state index in [2.05, 4.69) is 21.6 Å². The lowest BCUT2D eigenvalue weighted by molar-refractivity contribution is -0.121. The molecule has 0 saturated carbocycles. The van der Waals surface area contributed by atoms with Gasteiger partial charge in [0, 0.05) is 24.4 Å². The van der Waals surface area contributed by atoms with E-state index in [1.807, 2.05) is 40.8 Å². The van der Waals surface area contributed by atoms with Crippen molar-refractivity contribution in [3.63, 3.8) is 0 Å². The minimum atomic E-state index is -0.151. The standard InChI is InChI=1S/C27H28ClN5O2/c28-22-12-6-4-10-20(22)18-32-26(35)21-11-5-7-13-23(21)33-24(30-31-27(32)33)14-15-25(34)29-17-16-19-8-2-1-3-9-19/h4-8,10-13H,1-3,9,14-18H2,(H,29,34). The maximum atomic E-state index is 13.4. The summed E-state index contributed by atoms with van der Waals surface area (Å²) in [5.41, 5.74) is 2.85. The second-order valence-electron chi connectivity index (χ2n) is 8.96. The Morgan fingerprint density at radius 2 is 1.86 bits per heavy atom. The molecule has 4 aromatic rings. The highest BCUT2D eigenvalue weighted by molar-refractivity contribution is 6.31. The highest BCUT2D eigenvalue weighted by Crippen LogP contribution is 2.21. The number of hydrogen-bond donors (Lipinski definition) is 1. The van der Waals surface area contributed by atoms with Crippen molar-refractivity contribution in [3.05, 3.63) is 86.9 Å². The van der Waals surface area contributed by atoms with Gasteiger partial charge in [-0.1, -0.05) is 53.6 Å². The van der Waals surface area contributed by atoms with Gasteiger partial charge in [0.1, 0.15) is 5.82 Å². The lowest BCUT2D eigenvalue weighted by Gasteiger charge is -2.13. The van der Waals surface area contributed by atoms with E-state index >= 15 is 0 Å². The van der Waals surface area contributed by atoms with Gasteiger partial charge in [-0.3, -0.25) is 18.6 Å². The van der Waals surface area contributed by atoms with Crippen molar-refractivity contribution in [2.45, 2.75) is 51.5 Å². The van der Waals surface area contributed by atoms with E-state index < -0.39 is 0 Å². The number of para-hydroxylation sites is 1. The van der Waals surface area contributed by atoms with Crippen LogP contribution < -0.4 is 10.9 Å². The van der Waals surface area contributed by atoms with E-state index in [-0.39, 0.29) is 18.0 Å². The monoisotopic (exact) mass is 489 g/mol. The fourth-order valence-electron chi connectivity index (χ4n) is 4.72. The Labute approximate surface area is 208 Å². The molecule has 2 heterocycles. The molecule has 2 aromatic carbocycles. The van der Waals surface area contributed by atoms with Crippen LogP contribution in [-0.2, 0) is 17.8 Å². The summed E-state index contributed by atoms with van der Waals surface area (Å²) in [6.45, 7) is 0.937. The van der Waals surface area contributed by atoms with E-state index in [0.717, 1.165) is 30.3 Å². The van der Waals surface area contributed by atoms with Gasteiger partial charge in [-0.25, -0.2) is 0 Å². The number of aryl methyl sites for hydroxylation is 1. The molecule has 1 amide bonds. The van der Waals surface area contributed by atoms with E-state index in [0.29, 0.717) is 41.4 Å². The first-order valence-corrected chi connectivity index (χ1v) is 12.5. The van der Waals surface area contributed by atoms with Crippen LogP contribution in [0.5, 0.6) is 0 Å². The topological polar surface area (TPSA) is 81.3 Å². The molecule has 0 bridgehead atoms. The molecule has 1 N–H and O–H groups in total. The van der Waals surface area contributed by atoms with Gasteiger partial charge >= 0.3 is 0 Å². The van der Waals surface area contributed by atoms with Crippen molar-refractivity contribution in [2.24, 2.45) is 0 Å². The first-order valence-electron chi connectivity index (χ1n) is 12.2. The zero-order valence-corrected chi connectivity index (χ0v) is 20.3. The number of nitrogens with one attached hydrogen (secondary N) is 1. The molecule has 1 aliphatic carbocycles. The highest BCUT2D eigenvalue weighted by atomic mass is 35.5. The number of allylic oxidation sites excluding steroid dienone is 1. The minimum Gasteiger partial charge on any atom is -0.356 e. The Kier molecular flexibility index (Phi) is 6.95. The third-order valence-corrected chi connectivity index (χ3v) is 6.96. The number of amides is 1. The van der Waals surface area contributed by atoms with E-state index in [1.54, 1.807) is 16.7 Å². The van der Waals surface area contributed by atoms with E-state index in [9.17, 15) is 9.59 Å². The highest BCUT2D eigenvalue weighted by Gasteiger charge is 2.18. The summed E-state index contributed by atoms with van der Waals surface area (Å²) >= 11 is 6.37. The van der Waals surface area contributed by atoms with Gasteiger partial charge in [-0.15, -0.1) is 10.2 Å². The van der Waals surface area contributed by atoms with Crippen molar-refractivity contribution in [1.82, 2.24) is 24.5 Å². The second-order valence-corrected chi connectivity index (χ2v) is 9.37. The number of carbonyl (C=O) groups is 1. The molecule has 35 heavy (non-hydrogen) atoms. The van der Waals surface area contributed by atoms with Crippen LogP contribution in [0.2, 0.25) is 5.02 Å². The molecule has 0 atom stereocenters. The Bertz CT molecular complexity index is 1470. The van der Waals surface area contributed by atoms with Gasteiger partial charge in [0.25, 0.3) is 5.56 Å². The van der Waals surface area contributed by atoms with Crippen molar-refractivity contribution in [1.29, 1.82) is 0 Å². The number of fused-ring (bicyclic) bond motifs is 3. The molecule has 0 saturated heterocycles. The van der Waals surface area contributed by atoms with Crippen LogP contribution in [-0.4, -0.2) is 31.6 Å². The molecule has 0 spiro atoms. The van der Waals surface area contributed by atoms with Crippen LogP contribution in [0.4, 0.5) is 0 Å². The maximum Gasteiger partial charge on any atom is 0.263 e. The minimum absolute atomic E-state index is 0.00754. The average molecular weight is 490 g/mol. The summed E-state index contributed by atoms with van der Waals surface area (Å²) in [5, 5.41) is 12.9. The number of hydrogen-bond acceptors (Lipinski definition) is 4. The molecule has 7 nitrogen and oxygen atoms in total. The van der Waals surface area contributed by atoms with Gasteiger partial charge in [-0.2, -0.15) is 0 Å². The Hall–Kier alpha value is -3.45. The zero-order chi connectivity index (χ0) is 24.2. The molecule has 0 fully saturated rings. The fourth-order valence-corrected chi connectivity index (χ4v) is 4.92. The van der Waals surface area contributed by atoms with Crippen LogP contribution >= 0.6 is 11.6 Å². The number of halogens is 1. The summed E-state index contributed by atoms with van der Waals surface area (Å²) in [6.07, 6.45) is 8.76. The van der Waals surface area contributed by atoms with Crippen molar-refractivity contribution in [3.8, 4) is 0 Å². The van der Waals surface area contributed by atoms with Crippen molar-refractivity contribution < 1.29 is 4.79 Å². The fraction of sp³-hybridized carbons (Fsp3) is 0.333. The number of nitrogens with zero attached hydrogens (tertiary/aromatic N) is 4. The van der Waals surface area contributed by atoms with Crippen molar-refractivity contribution in [2.75, 3.05) is 6.54 Å². The average Bonchev–Trinajstić information content (AvgIpc) is 3.31. The third-order valence-electron chi connectivity index (χ3n) is 6.59. The molecule has 1 aliphatic rings. The van der Waals surface area contributed by atoms with Gasteiger partial charge in [-0.05, 0) is 55.9 Å². The maximum absolute atomic E-state index is 13.4. The molecule has 0 radical (unpaired) electrons. The first-order chi connectivity index (χ1) is 17.1. The molecule has 5 rings (SSSR count). The summed E-state index contributed by atoms with van der Waals surface area (Å²) in [7, 11) is 0. The number of benzene rings is 2. The van der Waals surface area contributed by atoms with E-state index in [1.165, 1.54) is 18.4 Å². The quantitative estimate of drug-likeness (QED) is 0.364. The van der Waals surface area contributed by atoms with Crippen LogP contribution in [0.25, 0.3) is 16.7 Å². The summed E-state index contributed by atoms with van der Waals surface area (Å²) in [5.74, 6) is 1.08. The predicted octanol–water partition coefficient (Wildman–Crippen LogP) is 4.69. The molecule has 2 aromatic heterocycles. The first kappa shape index (κ1) is 23.3. The third kappa shape index (κ3) is 5.00. The SMILES string of the molecule is O=C(CCc1nnc2n(Cc3ccccc3Cl)c(=O)c3ccccc3n12)NCCC1=CCCCC1. The van der Waals surface area contributed by atoms with Crippen LogP contribution in [0, 0.1) is 0 Å². The molecule has 8 heteroatoms. The number of rotatable bonds is 8. The summed E-state index contributed by atoms with van der Waals surface area (Å²) < 4.78 is 3.48. The molecule has 0 unspecified atom stereocenters. The second kappa shape index (κ2) is 10.4. The summed E-state index contributed by atoms with van der Waals surface area (Å²) in [6, 6.07) is 14.9. The largest absolute Gasteiger partial charge is 0.356 e. The summed E-state index contributed by atoms with van der Waals surface area (Å²) in [4.78, 5) is 25.9. The van der Waals surface area contributed by atoms with Gasteiger partial charge in [0.05, 0.1) is 17.4 Å². The molecular formula is C27H28ClN5O2. The van der Waals surface area contributed by atoms with Gasteiger partial charge in [0.2, 0.25) is 11.7 Å². The Morgan fingerprint density at radius 1 is 1.03 bits per heavy atom. The lowest BCUT2D eigenvalue weighted by Crippen LogP contribution is -2.26. The Balaban J connectivity index is 1.39. The number of aromatic nitrogens is 4. The molecular weight excluding hydrogens is 462 g/mol. The number of carbonyl (C=O) groups excluding carboxylic acids is 1.